The molecule has 0 bridgehead atoms. The average molecular weight is 230 g/mol. The van der Waals surface area contributed by atoms with E-state index in [1.54, 1.807) is 11.8 Å². The lowest BCUT2D eigenvalue weighted by molar-refractivity contribution is -0.122. The van der Waals surface area contributed by atoms with Gasteiger partial charge in [0.05, 0.1) is 6.04 Å². The minimum Gasteiger partial charge on any atom is -0.352 e. The second-order valence-electron chi connectivity index (χ2n) is 4.29. The van der Waals surface area contributed by atoms with E-state index in [0.29, 0.717) is 12.0 Å². The van der Waals surface area contributed by atoms with Crippen LogP contribution in [-0.2, 0) is 4.79 Å². The monoisotopic (exact) mass is 230 g/mol. The summed E-state index contributed by atoms with van der Waals surface area (Å²) in [6.45, 7) is 2.18. The van der Waals surface area contributed by atoms with Gasteiger partial charge in [0.2, 0.25) is 5.91 Å². The third-order valence-corrected chi connectivity index (χ3v) is 3.52. The van der Waals surface area contributed by atoms with Gasteiger partial charge in [0.25, 0.3) is 0 Å². The van der Waals surface area contributed by atoms with Crippen molar-refractivity contribution in [2.75, 3.05) is 12.0 Å². The van der Waals surface area contributed by atoms with Crippen LogP contribution in [0.15, 0.2) is 0 Å². The van der Waals surface area contributed by atoms with Crippen LogP contribution in [0, 0.1) is 5.92 Å². The lowest BCUT2D eigenvalue weighted by Crippen LogP contribution is -2.42. The number of amides is 1. The Kier molecular flexibility index (Phi) is 5.47. The number of hydrogen-bond donors (Lipinski definition) is 2. The zero-order valence-electron chi connectivity index (χ0n) is 9.66. The van der Waals surface area contributed by atoms with Crippen molar-refractivity contribution >= 4 is 17.7 Å². The van der Waals surface area contributed by atoms with Crippen molar-refractivity contribution in [2.45, 2.75) is 44.7 Å². The summed E-state index contributed by atoms with van der Waals surface area (Å²) in [5, 5.41) is 3.02. The van der Waals surface area contributed by atoms with E-state index < -0.39 is 0 Å². The van der Waals surface area contributed by atoms with Gasteiger partial charge in [-0.1, -0.05) is 13.3 Å². The molecular weight excluding hydrogens is 208 g/mol. The summed E-state index contributed by atoms with van der Waals surface area (Å²) in [5.41, 5.74) is 5.77. The fourth-order valence-electron chi connectivity index (χ4n) is 1.78. The largest absolute Gasteiger partial charge is 0.352 e. The summed E-state index contributed by atoms with van der Waals surface area (Å²) in [6.07, 6.45) is 6.39. The molecule has 3 nitrogen and oxygen atoms in total. The van der Waals surface area contributed by atoms with Crippen LogP contribution in [0.3, 0.4) is 0 Å². The number of rotatable bonds is 7. The highest BCUT2D eigenvalue weighted by atomic mass is 32.2. The van der Waals surface area contributed by atoms with Crippen molar-refractivity contribution < 1.29 is 4.79 Å². The van der Waals surface area contributed by atoms with Crippen LogP contribution in [0.1, 0.15) is 32.6 Å². The second-order valence-corrected chi connectivity index (χ2v) is 5.27. The Labute approximate surface area is 96.6 Å². The maximum absolute atomic E-state index is 11.6. The van der Waals surface area contributed by atoms with E-state index >= 15 is 0 Å². The Hall–Kier alpha value is -0.220. The van der Waals surface area contributed by atoms with E-state index in [-0.39, 0.29) is 11.9 Å². The Balaban J connectivity index is 2.13. The SMILES string of the molecule is CCCC1CC1NC(=O)[C@@H](N)CCSC. The van der Waals surface area contributed by atoms with Crippen LogP contribution in [-0.4, -0.2) is 30.0 Å². The summed E-state index contributed by atoms with van der Waals surface area (Å²) >= 11 is 1.73. The molecule has 0 aromatic carbocycles. The topological polar surface area (TPSA) is 55.1 Å². The zero-order chi connectivity index (χ0) is 11.3. The van der Waals surface area contributed by atoms with E-state index in [9.17, 15) is 4.79 Å². The number of carbonyl (C=O) groups is 1. The molecule has 2 unspecified atom stereocenters. The summed E-state index contributed by atoms with van der Waals surface area (Å²) in [4.78, 5) is 11.6. The molecule has 0 radical (unpaired) electrons. The third-order valence-electron chi connectivity index (χ3n) is 2.88. The van der Waals surface area contributed by atoms with Gasteiger partial charge < -0.3 is 11.1 Å². The van der Waals surface area contributed by atoms with Crippen molar-refractivity contribution in [1.82, 2.24) is 5.32 Å². The maximum Gasteiger partial charge on any atom is 0.237 e. The van der Waals surface area contributed by atoms with E-state index in [4.69, 9.17) is 5.73 Å². The lowest BCUT2D eigenvalue weighted by Gasteiger charge is -2.11. The van der Waals surface area contributed by atoms with E-state index in [1.807, 2.05) is 6.26 Å². The first-order valence-corrected chi connectivity index (χ1v) is 7.13. The molecule has 0 spiro atoms. The summed E-state index contributed by atoms with van der Waals surface area (Å²) in [5.74, 6) is 1.71. The summed E-state index contributed by atoms with van der Waals surface area (Å²) in [7, 11) is 0. The molecule has 0 aromatic heterocycles. The van der Waals surface area contributed by atoms with E-state index in [0.717, 1.165) is 18.6 Å². The number of nitrogens with two attached hydrogens (primary N) is 1. The number of hydrogen-bond acceptors (Lipinski definition) is 3. The van der Waals surface area contributed by atoms with Crippen molar-refractivity contribution in [1.29, 1.82) is 0 Å². The highest BCUT2D eigenvalue weighted by molar-refractivity contribution is 7.98. The minimum atomic E-state index is -0.319. The Morgan fingerprint density at radius 2 is 2.40 bits per heavy atom. The predicted molar refractivity (Wildman–Crippen MR) is 65.9 cm³/mol. The molecule has 0 aromatic rings. The molecule has 0 saturated heterocycles. The minimum absolute atomic E-state index is 0.0349. The van der Waals surface area contributed by atoms with E-state index in [1.165, 1.54) is 12.8 Å². The maximum atomic E-state index is 11.6. The molecule has 1 aliphatic carbocycles. The molecule has 3 atom stereocenters. The standard InChI is InChI=1S/C11H22N2OS/c1-3-4-8-7-10(8)13-11(14)9(12)5-6-15-2/h8-10H,3-7,12H2,1-2H3,(H,13,14)/t8?,9-,10?/m0/s1. The molecule has 1 rings (SSSR count). The quantitative estimate of drug-likeness (QED) is 0.694. The van der Waals surface area contributed by atoms with Crippen LogP contribution in [0.5, 0.6) is 0 Å². The molecule has 4 heteroatoms. The van der Waals surface area contributed by atoms with Gasteiger partial charge in [-0.3, -0.25) is 4.79 Å². The molecule has 3 N–H and O–H groups in total. The molecule has 0 aliphatic heterocycles. The zero-order valence-corrected chi connectivity index (χ0v) is 10.5. The molecule has 1 fully saturated rings. The van der Waals surface area contributed by atoms with Gasteiger partial charge in [0, 0.05) is 6.04 Å². The number of nitrogens with one attached hydrogen (secondary N) is 1. The normalized spacial score (nSPS) is 26.1. The molecular formula is C11H22N2OS. The molecule has 1 saturated carbocycles. The van der Waals surface area contributed by atoms with Gasteiger partial charge >= 0.3 is 0 Å². The van der Waals surface area contributed by atoms with Crippen LogP contribution >= 0.6 is 11.8 Å². The van der Waals surface area contributed by atoms with Crippen molar-refractivity contribution in [2.24, 2.45) is 11.7 Å². The first kappa shape index (κ1) is 12.8. The van der Waals surface area contributed by atoms with Gasteiger partial charge in [-0.15, -0.1) is 0 Å². The number of thioether (sulfide) groups is 1. The van der Waals surface area contributed by atoms with Gasteiger partial charge in [0.15, 0.2) is 0 Å². The number of carbonyl (C=O) groups excluding carboxylic acids is 1. The highest BCUT2D eigenvalue weighted by Gasteiger charge is 2.37. The predicted octanol–water partition coefficient (Wildman–Crippen LogP) is 1.37. The van der Waals surface area contributed by atoms with Gasteiger partial charge in [-0.25, -0.2) is 0 Å². The van der Waals surface area contributed by atoms with Crippen molar-refractivity contribution in [3.8, 4) is 0 Å². The van der Waals surface area contributed by atoms with Gasteiger partial charge in [-0.05, 0) is 37.2 Å². The molecule has 1 amide bonds. The highest BCUT2D eigenvalue weighted by Crippen LogP contribution is 2.34. The summed E-state index contributed by atoms with van der Waals surface area (Å²) < 4.78 is 0. The molecule has 0 heterocycles. The van der Waals surface area contributed by atoms with Gasteiger partial charge in [0.1, 0.15) is 0 Å². The van der Waals surface area contributed by atoms with Crippen molar-refractivity contribution in [3.63, 3.8) is 0 Å². The second kappa shape index (κ2) is 6.38. The fraction of sp³-hybridized carbons (Fsp3) is 0.909. The smallest absolute Gasteiger partial charge is 0.237 e. The average Bonchev–Trinajstić information content (AvgIpc) is 2.93. The summed E-state index contributed by atoms with van der Waals surface area (Å²) in [6, 6.07) is 0.0955. The Morgan fingerprint density at radius 1 is 1.67 bits per heavy atom. The van der Waals surface area contributed by atoms with E-state index in [2.05, 4.69) is 12.2 Å². The first-order chi connectivity index (χ1) is 7.19. The van der Waals surface area contributed by atoms with Crippen molar-refractivity contribution in [3.05, 3.63) is 0 Å². The van der Waals surface area contributed by atoms with Crippen LogP contribution in [0.2, 0.25) is 0 Å². The lowest BCUT2D eigenvalue weighted by atomic mass is 10.2. The molecule has 88 valence electrons. The molecule has 1 aliphatic rings. The Bertz CT molecular complexity index is 211. The molecule has 15 heavy (non-hydrogen) atoms. The van der Waals surface area contributed by atoms with Crippen LogP contribution in [0.25, 0.3) is 0 Å². The third kappa shape index (κ3) is 4.43. The van der Waals surface area contributed by atoms with Crippen LogP contribution < -0.4 is 11.1 Å². The van der Waals surface area contributed by atoms with Crippen LogP contribution in [0.4, 0.5) is 0 Å². The first-order valence-electron chi connectivity index (χ1n) is 5.74. The fourth-order valence-corrected chi connectivity index (χ4v) is 2.27. The Morgan fingerprint density at radius 3 is 3.00 bits per heavy atom. The van der Waals surface area contributed by atoms with Gasteiger partial charge in [-0.2, -0.15) is 11.8 Å².